The van der Waals surface area contributed by atoms with Gasteiger partial charge in [-0.25, -0.2) is 0 Å². The number of allylic oxidation sites excluding steroid dienone is 4. The van der Waals surface area contributed by atoms with Crippen LogP contribution >= 0.6 is 0 Å². The largest absolute Gasteiger partial charge is 0.309 e. The summed E-state index contributed by atoms with van der Waals surface area (Å²) in [5, 5.41) is 5.02. The highest BCUT2D eigenvalue weighted by Gasteiger charge is 2.13. The van der Waals surface area contributed by atoms with Crippen molar-refractivity contribution in [2.75, 3.05) is 0 Å². The van der Waals surface area contributed by atoms with Crippen LogP contribution < -0.4 is 0 Å². The molecule has 0 saturated heterocycles. The number of aryl methyl sites for hydroxylation is 1. The molecule has 1 heterocycles. The quantitative estimate of drug-likeness (QED) is 0.275. The number of hydrogen-bond acceptors (Lipinski definition) is 0. The molecule has 30 heavy (non-hydrogen) atoms. The van der Waals surface area contributed by atoms with Crippen molar-refractivity contribution in [3.8, 4) is 11.1 Å². The van der Waals surface area contributed by atoms with E-state index in [1.807, 2.05) is 18.2 Å². The molecule has 0 unspecified atom stereocenters. The molecule has 0 spiro atoms. The summed E-state index contributed by atoms with van der Waals surface area (Å²) in [6.07, 6.45) is 5.69. The third kappa shape index (κ3) is 2.87. The average Bonchev–Trinajstić information content (AvgIpc) is 3.11. The summed E-state index contributed by atoms with van der Waals surface area (Å²) in [5.41, 5.74) is 7.10. The monoisotopic (exact) mass is 385 g/mol. The van der Waals surface area contributed by atoms with E-state index in [0.29, 0.717) is 0 Å². The fourth-order valence-corrected chi connectivity index (χ4v) is 4.33. The summed E-state index contributed by atoms with van der Waals surface area (Å²) in [4.78, 5) is 0. The molecule has 0 radical (unpaired) electrons. The molecule has 0 amide bonds. The number of hydrogen-bond donors (Lipinski definition) is 0. The lowest BCUT2D eigenvalue weighted by molar-refractivity contribution is 1.24. The maximum absolute atomic E-state index is 4.01. The standard InChI is InChI=1S/C29H23N/c1-4-8-25(5-2)30-28-10-7-6-9-26(28)27-19-24(15-16-29(27)30)23-14-13-21-17-20(3)11-12-22(21)18-23/h4-19H,1-2H2,3H3/b25-8+. The zero-order valence-corrected chi connectivity index (χ0v) is 17.1. The topological polar surface area (TPSA) is 4.93 Å². The normalized spacial score (nSPS) is 12.0. The number of nitrogens with zero attached hydrogens (tertiary/aromatic N) is 1. The Labute approximate surface area is 176 Å². The van der Waals surface area contributed by atoms with E-state index in [1.165, 1.54) is 49.3 Å². The van der Waals surface area contributed by atoms with Crippen molar-refractivity contribution in [3.05, 3.63) is 116 Å². The predicted molar refractivity (Wildman–Crippen MR) is 132 cm³/mol. The van der Waals surface area contributed by atoms with Crippen LogP contribution in [0.1, 0.15) is 5.56 Å². The molecule has 0 fully saturated rings. The third-order valence-electron chi connectivity index (χ3n) is 5.76. The molecule has 1 heteroatoms. The molecular weight excluding hydrogens is 362 g/mol. The minimum atomic E-state index is 1.02. The molecule has 1 nitrogen and oxygen atoms in total. The maximum Gasteiger partial charge on any atom is 0.0541 e. The van der Waals surface area contributed by atoms with Crippen molar-refractivity contribution in [2.24, 2.45) is 0 Å². The second kappa shape index (κ2) is 7.20. The Balaban J connectivity index is 1.76. The van der Waals surface area contributed by atoms with Gasteiger partial charge in [0.2, 0.25) is 0 Å². The lowest BCUT2D eigenvalue weighted by Gasteiger charge is -2.09. The first-order valence-electron chi connectivity index (χ1n) is 10.2. The molecule has 5 aromatic rings. The van der Waals surface area contributed by atoms with Crippen LogP contribution in [-0.2, 0) is 0 Å². The molecule has 0 aliphatic rings. The summed E-state index contributed by atoms with van der Waals surface area (Å²) in [7, 11) is 0. The average molecular weight is 386 g/mol. The van der Waals surface area contributed by atoms with Crippen LogP contribution in [0.15, 0.2) is 110 Å². The van der Waals surface area contributed by atoms with E-state index in [2.05, 4.69) is 104 Å². The molecular formula is C29H23N. The van der Waals surface area contributed by atoms with Crippen LogP contribution in [0.3, 0.4) is 0 Å². The van der Waals surface area contributed by atoms with E-state index >= 15 is 0 Å². The summed E-state index contributed by atoms with van der Waals surface area (Å²) in [6.45, 7) is 10.0. The Hall–Kier alpha value is -3.84. The molecule has 0 saturated carbocycles. The summed E-state index contributed by atoms with van der Waals surface area (Å²) >= 11 is 0. The molecule has 0 bridgehead atoms. The molecule has 1 aromatic heterocycles. The van der Waals surface area contributed by atoms with Crippen molar-refractivity contribution in [1.82, 2.24) is 4.57 Å². The van der Waals surface area contributed by atoms with Gasteiger partial charge in [-0.1, -0.05) is 79.4 Å². The number of benzene rings is 4. The van der Waals surface area contributed by atoms with E-state index in [-0.39, 0.29) is 0 Å². The summed E-state index contributed by atoms with van der Waals surface area (Å²) in [5.74, 6) is 0. The van der Waals surface area contributed by atoms with Gasteiger partial charge >= 0.3 is 0 Å². The van der Waals surface area contributed by atoms with Gasteiger partial charge in [-0.3, -0.25) is 0 Å². The lowest BCUT2D eigenvalue weighted by Crippen LogP contribution is -1.93. The molecule has 0 aliphatic carbocycles. The maximum atomic E-state index is 4.01. The first kappa shape index (κ1) is 18.2. The van der Waals surface area contributed by atoms with Crippen LogP contribution in [0.2, 0.25) is 0 Å². The Bertz CT molecular complexity index is 1480. The third-order valence-corrected chi connectivity index (χ3v) is 5.76. The van der Waals surface area contributed by atoms with Gasteiger partial charge in [0, 0.05) is 16.5 Å². The highest BCUT2D eigenvalue weighted by Crippen LogP contribution is 2.35. The van der Waals surface area contributed by atoms with Crippen molar-refractivity contribution < 1.29 is 0 Å². The highest BCUT2D eigenvalue weighted by molar-refractivity contribution is 6.11. The molecule has 0 N–H and O–H groups in total. The SMILES string of the molecule is C=C/C=C(\C=C)n1c2ccccc2c2cc(-c3ccc4cc(C)ccc4c3)ccc21. The van der Waals surface area contributed by atoms with Gasteiger partial charge in [0.25, 0.3) is 0 Å². The van der Waals surface area contributed by atoms with Crippen molar-refractivity contribution in [3.63, 3.8) is 0 Å². The molecule has 0 atom stereocenters. The van der Waals surface area contributed by atoms with Crippen LogP contribution in [0, 0.1) is 6.92 Å². The smallest absolute Gasteiger partial charge is 0.0541 e. The van der Waals surface area contributed by atoms with Crippen molar-refractivity contribution in [2.45, 2.75) is 6.92 Å². The van der Waals surface area contributed by atoms with Crippen LogP contribution in [0.25, 0.3) is 49.4 Å². The Kier molecular flexibility index (Phi) is 4.37. The van der Waals surface area contributed by atoms with E-state index < -0.39 is 0 Å². The number of fused-ring (bicyclic) bond motifs is 4. The van der Waals surface area contributed by atoms with Gasteiger partial charge < -0.3 is 4.57 Å². The van der Waals surface area contributed by atoms with Gasteiger partial charge in [-0.15, -0.1) is 0 Å². The summed E-state index contributed by atoms with van der Waals surface area (Å²) < 4.78 is 2.26. The molecule has 144 valence electrons. The van der Waals surface area contributed by atoms with Crippen molar-refractivity contribution in [1.29, 1.82) is 0 Å². The Morgan fingerprint density at radius 2 is 1.43 bits per heavy atom. The fraction of sp³-hybridized carbons (Fsp3) is 0.0345. The number of para-hydroxylation sites is 1. The minimum Gasteiger partial charge on any atom is -0.309 e. The van der Waals surface area contributed by atoms with Crippen LogP contribution in [0.5, 0.6) is 0 Å². The summed E-state index contributed by atoms with van der Waals surface area (Å²) in [6, 6.07) is 28.6. The number of rotatable bonds is 4. The lowest BCUT2D eigenvalue weighted by atomic mass is 9.99. The second-order valence-corrected chi connectivity index (χ2v) is 7.68. The highest BCUT2D eigenvalue weighted by atomic mass is 15.0. The van der Waals surface area contributed by atoms with E-state index in [9.17, 15) is 0 Å². The zero-order valence-electron chi connectivity index (χ0n) is 17.1. The van der Waals surface area contributed by atoms with Crippen LogP contribution in [-0.4, -0.2) is 4.57 Å². The zero-order chi connectivity index (χ0) is 20.7. The van der Waals surface area contributed by atoms with E-state index in [1.54, 1.807) is 0 Å². The molecule has 0 aliphatic heterocycles. The van der Waals surface area contributed by atoms with Crippen molar-refractivity contribution >= 4 is 38.3 Å². The fourth-order valence-electron chi connectivity index (χ4n) is 4.33. The van der Waals surface area contributed by atoms with Gasteiger partial charge in [0.15, 0.2) is 0 Å². The minimum absolute atomic E-state index is 1.02. The predicted octanol–water partition coefficient (Wildman–Crippen LogP) is 8.14. The van der Waals surface area contributed by atoms with Gasteiger partial charge in [-0.05, 0) is 65.2 Å². The molecule has 5 rings (SSSR count). The Morgan fingerprint density at radius 1 is 0.733 bits per heavy atom. The van der Waals surface area contributed by atoms with Gasteiger partial charge in [-0.2, -0.15) is 0 Å². The van der Waals surface area contributed by atoms with Gasteiger partial charge in [0.05, 0.1) is 11.0 Å². The van der Waals surface area contributed by atoms with E-state index in [4.69, 9.17) is 0 Å². The first-order valence-corrected chi connectivity index (χ1v) is 10.2. The first-order chi connectivity index (χ1) is 14.7. The second-order valence-electron chi connectivity index (χ2n) is 7.68. The van der Waals surface area contributed by atoms with E-state index in [0.717, 1.165) is 5.70 Å². The number of aromatic nitrogens is 1. The van der Waals surface area contributed by atoms with Gasteiger partial charge in [0.1, 0.15) is 0 Å². The Morgan fingerprint density at radius 3 is 2.27 bits per heavy atom. The van der Waals surface area contributed by atoms with Crippen LogP contribution in [0.4, 0.5) is 0 Å². The molecule has 4 aromatic carbocycles.